The number of alkyl halides is 2. The fourth-order valence-electron chi connectivity index (χ4n) is 4.02. The molecule has 1 aromatic heterocycles. The second-order valence-corrected chi connectivity index (χ2v) is 8.79. The molecule has 0 radical (unpaired) electrons. The van der Waals surface area contributed by atoms with Crippen LogP contribution in [0.15, 0.2) is 45.6 Å². The van der Waals surface area contributed by atoms with Gasteiger partial charge in [0, 0.05) is 11.0 Å². The Morgan fingerprint density at radius 2 is 2.09 bits per heavy atom. The van der Waals surface area contributed by atoms with Gasteiger partial charge in [0.25, 0.3) is 6.43 Å². The average molecular weight is 513 g/mol. The molecule has 2 aromatic rings. The summed E-state index contributed by atoms with van der Waals surface area (Å²) in [4.78, 5) is 33.3. The van der Waals surface area contributed by atoms with Crippen molar-refractivity contribution in [3.8, 4) is 0 Å². The van der Waals surface area contributed by atoms with Crippen molar-refractivity contribution >= 4 is 27.6 Å². The molecule has 7 nitrogen and oxygen atoms in total. The van der Waals surface area contributed by atoms with Crippen LogP contribution in [0.1, 0.15) is 43.7 Å². The molecule has 2 heterocycles. The minimum atomic E-state index is -2.88. The molecule has 2 N–H and O–H groups in total. The van der Waals surface area contributed by atoms with Crippen molar-refractivity contribution in [3.05, 3.63) is 52.7 Å². The number of benzene rings is 1. The normalized spacial score (nSPS) is 19.2. The van der Waals surface area contributed by atoms with Crippen LogP contribution < -0.4 is 5.73 Å². The Kier molecular flexibility index (Phi) is 8.50. The fraction of sp³-hybridized carbons (Fsp3) is 0.500. The molecular weight excluding hydrogens is 486 g/mol. The van der Waals surface area contributed by atoms with Gasteiger partial charge in [0.2, 0.25) is 11.8 Å². The first-order valence-electron chi connectivity index (χ1n) is 10.6. The third-order valence-electron chi connectivity index (χ3n) is 5.57. The smallest absolute Gasteiger partial charge is 0.262 e. The van der Waals surface area contributed by atoms with E-state index in [0.29, 0.717) is 31.8 Å². The number of hydrogen-bond donors (Lipinski definition) is 1. The zero-order valence-corrected chi connectivity index (χ0v) is 19.4. The number of carbonyl (C=O) groups excluding carboxylic acids is 2. The number of piperidine rings is 1. The molecule has 0 unspecified atom stereocenters. The molecule has 0 bridgehead atoms. The van der Waals surface area contributed by atoms with Crippen LogP contribution in [0.5, 0.6) is 0 Å². The van der Waals surface area contributed by atoms with E-state index in [1.807, 2.05) is 11.8 Å². The molecule has 32 heavy (non-hydrogen) atoms. The lowest BCUT2D eigenvalue weighted by Gasteiger charge is -2.42. The number of rotatable bonds is 9. The summed E-state index contributed by atoms with van der Waals surface area (Å²) in [5.74, 6) is -0.461. The SMILES string of the molecule is CCC[C@H](N)C(=O)N([C@H]1CCN(Cc2ncco2)CC1=O)[C@@H](c1ccc(Br)cc1)C(F)F. The lowest BCUT2D eigenvalue weighted by Crippen LogP contribution is -2.58. The number of Topliss-reactive ketones (excluding diaryl/α,β-unsaturated/α-hetero) is 1. The number of nitrogens with two attached hydrogens (primary N) is 1. The number of ketones is 1. The predicted octanol–water partition coefficient (Wildman–Crippen LogP) is 3.54. The van der Waals surface area contributed by atoms with Crippen LogP contribution >= 0.6 is 15.9 Å². The maximum absolute atomic E-state index is 14.4. The van der Waals surface area contributed by atoms with Crippen LogP contribution in [0.25, 0.3) is 0 Å². The summed E-state index contributed by atoms with van der Waals surface area (Å²) in [6, 6.07) is 2.86. The van der Waals surface area contributed by atoms with Gasteiger partial charge in [-0.3, -0.25) is 14.5 Å². The van der Waals surface area contributed by atoms with Crippen LogP contribution in [0, 0.1) is 0 Å². The number of likely N-dealkylation sites (tertiary alicyclic amines) is 1. The minimum Gasteiger partial charge on any atom is -0.448 e. The Hall–Kier alpha value is -2.17. The first kappa shape index (κ1) is 24.5. The van der Waals surface area contributed by atoms with Gasteiger partial charge in [-0.1, -0.05) is 41.4 Å². The maximum atomic E-state index is 14.4. The highest BCUT2D eigenvalue weighted by Crippen LogP contribution is 2.33. The molecule has 1 fully saturated rings. The summed E-state index contributed by atoms with van der Waals surface area (Å²) in [6.45, 7) is 2.64. The first-order valence-corrected chi connectivity index (χ1v) is 11.4. The molecule has 3 atom stereocenters. The second-order valence-electron chi connectivity index (χ2n) is 7.88. The van der Waals surface area contributed by atoms with Crippen molar-refractivity contribution < 1.29 is 22.8 Å². The highest BCUT2D eigenvalue weighted by Gasteiger charge is 2.43. The Morgan fingerprint density at radius 3 is 2.66 bits per heavy atom. The van der Waals surface area contributed by atoms with E-state index in [2.05, 4.69) is 20.9 Å². The van der Waals surface area contributed by atoms with Gasteiger partial charge in [-0.15, -0.1) is 0 Å². The molecule has 1 aromatic carbocycles. The number of amides is 1. The van der Waals surface area contributed by atoms with Gasteiger partial charge < -0.3 is 15.1 Å². The van der Waals surface area contributed by atoms with Gasteiger partial charge in [0.15, 0.2) is 5.78 Å². The third-order valence-corrected chi connectivity index (χ3v) is 6.10. The van der Waals surface area contributed by atoms with Crippen LogP contribution in [0.4, 0.5) is 8.78 Å². The Labute approximate surface area is 194 Å². The van der Waals surface area contributed by atoms with Crippen molar-refractivity contribution in [3.63, 3.8) is 0 Å². The average Bonchev–Trinajstić information content (AvgIpc) is 3.26. The van der Waals surface area contributed by atoms with Crippen LogP contribution in [-0.2, 0) is 16.1 Å². The van der Waals surface area contributed by atoms with E-state index in [1.54, 1.807) is 12.1 Å². The monoisotopic (exact) mass is 512 g/mol. The minimum absolute atomic E-state index is 0.0101. The fourth-order valence-corrected chi connectivity index (χ4v) is 4.28. The van der Waals surface area contributed by atoms with Crippen LogP contribution in [0.2, 0.25) is 0 Å². The molecule has 1 saturated heterocycles. The summed E-state index contributed by atoms with van der Waals surface area (Å²) in [5.41, 5.74) is 6.31. The quantitative estimate of drug-likeness (QED) is 0.552. The molecule has 1 aliphatic rings. The van der Waals surface area contributed by atoms with E-state index in [9.17, 15) is 18.4 Å². The van der Waals surface area contributed by atoms with Crippen molar-refractivity contribution in [1.82, 2.24) is 14.8 Å². The number of nitrogens with zero attached hydrogens (tertiary/aromatic N) is 3. The first-order chi connectivity index (χ1) is 15.3. The van der Waals surface area contributed by atoms with Crippen molar-refractivity contribution in [2.75, 3.05) is 13.1 Å². The number of aromatic nitrogens is 1. The zero-order chi connectivity index (χ0) is 23.3. The molecule has 10 heteroatoms. The molecule has 1 amide bonds. The largest absolute Gasteiger partial charge is 0.448 e. The van der Waals surface area contributed by atoms with E-state index in [1.165, 1.54) is 24.6 Å². The summed E-state index contributed by atoms with van der Waals surface area (Å²) in [5, 5.41) is 0. The van der Waals surface area contributed by atoms with Crippen molar-refractivity contribution in [2.24, 2.45) is 5.73 Å². The second kappa shape index (κ2) is 11.1. The van der Waals surface area contributed by atoms with Gasteiger partial charge in [0.05, 0.1) is 31.4 Å². The van der Waals surface area contributed by atoms with Crippen molar-refractivity contribution in [1.29, 1.82) is 0 Å². The molecule has 174 valence electrons. The summed E-state index contributed by atoms with van der Waals surface area (Å²) >= 11 is 3.30. The molecule has 1 aliphatic heterocycles. The maximum Gasteiger partial charge on any atom is 0.262 e. The number of oxazole rings is 1. The lowest BCUT2D eigenvalue weighted by molar-refractivity contribution is -0.151. The third kappa shape index (κ3) is 5.79. The van der Waals surface area contributed by atoms with Gasteiger partial charge >= 0.3 is 0 Å². The van der Waals surface area contributed by atoms with Crippen LogP contribution in [-0.4, -0.2) is 58.1 Å². The van der Waals surface area contributed by atoms with Crippen molar-refractivity contribution in [2.45, 2.75) is 57.3 Å². The summed E-state index contributed by atoms with van der Waals surface area (Å²) in [6.07, 6.45) is 1.29. The Balaban J connectivity index is 1.89. The van der Waals surface area contributed by atoms with E-state index in [-0.39, 0.29) is 24.3 Å². The topological polar surface area (TPSA) is 92.7 Å². The predicted molar refractivity (Wildman–Crippen MR) is 118 cm³/mol. The Morgan fingerprint density at radius 1 is 1.38 bits per heavy atom. The Bertz CT molecular complexity index is 895. The zero-order valence-electron chi connectivity index (χ0n) is 17.8. The van der Waals surface area contributed by atoms with E-state index < -0.39 is 30.5 Å². The van der Waals surface area contributed by atoms with E-state index >= 15 is 0 Å². The molecule has 3 rings (SSSR count). The van der Waals surface area contributed by atoms with E-state index in [0.717, 1.165) is 9.37 Å². The van der Waals surface area contributed by atoms with Gasteiger partial charge in [0.1, 0.15) is 12.3 Å². The van der Waals surface area contributed by atoms with Crippen LogP contribution in [0.3, 0.4) is 0 Å². The lowest BCUT2D eigenvalue weighted by atomic mass is 9.95. The van der Waals surface area contributed by atoms with E-state index in [4.69, 9.17) is 10.2 Å². The highest BCUT2D eigenvalue weighted by molar-refractivity contribution is 9.10. The molecule has 0 aliphatic carbocycles. The molecule has 0 spiro atoms. The number of carbonyl (C=O) groups is 2. The van der Waals surface area contributed by atoms with Gasteiger partial charge in [-0.25, -0.2) is 13.8 Å². The molecule has 0 saturated carbocycles. The van der Waals surface area contributed by atoms with Gasteiger partial charge in [-0.05, 0) is 30.5 Å². The highest BCUT2D eigenvalue weighted by atomic mass is 79.9. The molecular formula is C22H27BrF2N4O3. The standard InChI is InChI=1S/C22H27BrF2N4O3/c1-2-3-16(26)22(31)29(20(21(24)25)14-4-6-15(23)7-5-14)17-8-10-28(12-18(17)30)13-19-27-9-11-32-19/h4-7,9,11,16-17,20-21H,2-3,8,10,12-13,26H2,1H3/t16-,17-,20-/m0/s1. The number of hydrogen-bond acceptors (Lipinski definition) is 6. The van der Waals surface area contributed by atoms with Gasteiger partial charge in [-0.2, -0.15) is 0 Å². The number of halogens is 3. The summed E-state index contributed by atoms with van der Waals surface area (Å²) in [7, 11) is 0. The summed E-state index contributed by atoms with van der Waals surface area (Å²) < 4.78 is 34.7.